The predicted octanol–water partition coefficient (Wildman–Crippen LogP) is 2.17. The highest BCUT2D eigenvalue weighted by Gasteiger charge is 2.08. The molecule has 1 N–H and O–H groups in total. The molecule has 0 aliphatic rings. The molecule has 2 rings (SSSR count). The van der Waals surface area contributed by atoms with Crippen molar-refractivity contribution in [3.8, 4) is 0 Å². The van der Waals surface area contributed by atoms with Gasteiger partial charge in [0.2, 0.25) is 5.91 Å². The first-order chi connectivity index (χ1) is 10.1. The fourth-order valence-corrected chi connectivity index (χ4v) is 2.06. The van der Waals surface area contributed by atoms with E-state index in [0.717, 1.165) is 10.2 Å². The molecule has 0 aliphatic heterocycles. The van der Waals surface area contributed by atoms with Crippen molar-refractivity contribution < 1.29 is 9.53 Å². The molecule has 0 unspecified atom stereocenters. The summed E-state index contributed by atoms with van der Waals surface area (Å²) in [5, 5.41) is 11.1. The van der Waals surface area contributed by atoms with E-state index in [2.05, 4.69) is 31.4 Å². The minimum absolute atomic E-state index is 0.0722. The van der Waals surface area contributed by atoms with E-state index >= 15 is 0 Å². The number of carbonyl (C=O) groups excluding carboxylic acids is 1. The van der Waals surface area contributed by atoms with Crippen LogP contribution in [0.3, 0.4) is 0 Å². The smallest absolute Gasteiger partial charge is 0.226 e. The Balaban J connectivity index is 1.81. The van der Waals surface area contributed by atoms with Gasteiger partial charge in [0.15, 0.2) is 0 Å². The summed E-state index contributed by atoms with van der Waals surface area (Å²) in [7, 11) is 0. The highest BCUT2D eigenvalue weighted by atomic mass is 79.9. The van der Waals surface area contributed by atoms with Crippen LogP contribution < -0.4 is 5.32 Å². The quantitative estimate of drug-likeness (QED) is 0.825. The van der Waals surface area contributed by atoms with Gasteiger partial charge < -0.3 is 10.1 Å². The summed E-state index contributed by atoms with van der Waals surface area (Å²) in [6.45, 7) is 5.41. The third kappa shape index (κ3) is 4.40. The molecule has 7 nitrogen and oxygen atoms in total. The topological polar surface area (TPSA) is 74.0 Å². The van der Waals surface area contributed by atoms with Gasteiger partial charge in [-0.2, -0.15) is 10.2 Å². The number of aryl methyl sites for hydroxylation is 1. The molecule has 8 heteroatoms. The standard InChI is InChI=1S/C13H18BrN5O2/c1-3-21-9-18-8-11(6-15-18)17-13(20)4-5-19-10(2)12(14)7-16-19/h6-8H,3-5,9H2,1-2H3,(H,17,20). The maximum absolute atomic E-state index is 11.9. The minimum Gasteiger partial charge on any atom is -0.360 e. The summed E-state index contributed by atoms with van der Waals surface area (Å²) >= 11 is 3.39. The molecular weight excluding hydrogens is 338 g/mol. The van der Waals surface area contributed by atoms with Crippen molar-refractivity contribution in [1.82, 2.24) is 19.6 Å². The molecule has 114 valence electrons. The zero-order valence-corrected chi connectivity index (χ0v) is 13.6. The fourth-order valence-electron chi connectivity index (χ4n) is 1.76. The molecule has 0 aromatic carbocycles. The van der Waals surface area contributed by atoms with Crippen LogP contribution in [-0.4, -0.2) is 32.1 Å². The van der Waals surface area contributed by atoms with Gasteiger partial charge in [-0.1, -0.05) is 0 Å². The van der Waals surface area contributed by atoms with Crippen molar-refractivity contribution in [2.24, 2.45) is 0 Å². The maximum Gasteiger partial charge on any atom is 0.226 e. The number of rotatable bonds is 7. The van der Waals surface area contributed by atoms with Crippen LogP contribution in [0.2, 0.25) is 0 Å². The number of halogens is 1. The Bertz CT molecular complexity index is 607. The van der Waals surface area contributed by atoms with E-state index in [1.165, 1.54) is 0 Å². The highest BCUT2D eigenvalue weighted by molar-refractivity contribution is 9.10. The van der Waals surface area contributed by atoms with Crippen molar-refractivity contribution in [3.63, 3.8) is 0 Å². The second kappa shape index (κ2) is 7.37. The Hall–Kier alpha value is -1.67. The van der Waals surface area contributed by atoms with E-state index in [1.54, 1.807) is 28.0 Å². The molecule has 0 atom stereocenters. The van der Waals surface area contributed by atoms with Crippen LogP contribution in [0.15, 0.2) is 23.1 Å². The molecule has 2 heterocycles. The summed E-state index contributed by atoms with van der Waals surface area (Å²) < 4.78 is 9.60. The largest absolute Gasteiger partial charge is 0.360 e. The number of nitrogens with one attached hydrogen (secondary N) is 1. The van der Waals surface area contributed by atoms with Gasteiger partial charge in [0.05, 0.1) is 35.3 Å². The first-order valence-electron chi connectivity index (χ1n) is 6.68. The summed E-state index contributed by atoms with van der Waals surface area (Å²) in [5.41, 5.74) is 1.67. The van der Waals surface area contributed by atoms with Crippen molar-refractivity contribution in [2.45, 2.75) is 33.5 Å². The van der Waals surface area contributed by atoms with Gasteiger partial charge in [0.1, 0.15) is 6.73 Å². The summed E-state index contributed by atoms with van der Waals surface area (Å²) in [6, 6.07) is 0. The molecule has 2 aromatic rings. The lowest BCUT2D eigenvalue weighted by Gasteiger charge is -2.05. The number of carbonyl (C=O) groups is 1. The van der Waals surface area contributed by atoms with Crippen LogP contribution in [-0.2, 0) is 22.8 Å². The molecule has 1 amide bonds. The number of ether oxygens (including phenoxy) is 1. The SMILES string of the molecule is CCOCn1cc(NC(=O)CCn2ncc(Br)c2C)cn1. The second-order valence-corrected chi connectivity index (χ2v) is 5.34. The van der Waals surface area contributed by atoms with Crippen molar-refractivity contribution in [1.29, 1.82) is 0 Å². The van der Waals surface area contributed by atoms with Gasteiger partial charge in [-0.15, -0.1) is 0 Å². The van der Waals surface area contributed by atoms with Crippen LogP contribution in [0, 0.1) is 6.92 Å². The van der Waals surface area contributed by atoms with E-state index < -0.39 is 0 Å². The van der Waals surface area contributed by atoms with Gasteiger partial charge in [0, 0.05) is 18.7 Å². The van der Waals surface area contributed by atoms with Crippen LogP contribution in [0.1, 0.15) is 19.0 Å². The lowest BCUT2D eigenvalue weighted by atomic mass is 10.3. The highest BCUT2D eigenvalue weighted by Crippen LogP contribution is 2.14. The molecule has 0 fully saturated rings. The number of nitrogens with zero attached hydrogens (tertiary/aromatic N) is 4. The number of hydrogen-bond donors (Lipinski definition) is 1. The van der Waals surface area contributed by atoms with E-state index in [9.17, 15) is 4.79 Å². The van der Waals surface area contributed by atoms with E-state index in [4.69, 9.17) is 4.74 Å². The Morgan fingerprint density at radius 2 is 2.24 bits per heavy atom. The average Bonchev–Trinajstić information content (AvgIpc) is 3.03. The first kappa shape index (κ1) is 15.7. The van der Waals surface area contributed by atoms with E-state index in [0.29, 0.717) is 32.0 Å². The third-order valence-corrected chi connectivity index (χ3v) is 3.72. The van der Waals surface area contributed by atoms with Crippen molar-refractivity contribution in [2.75, 3.05) is 11.9 Å². The number of anilines is 1. The molecule has 0 aliphatic carbocycles. The Morgan fingerprint density at radius 1 is 1.43 bits per heavy atom. The Kier molecular flexibility index (Phi) is 5.51. The van der Waals surface area contributed by atoms with Crippen LogP contribution >= 0.6 is 15.9 Å². The number of aromatic nitrogens is 4. The molecule has 0 radical (unpaired) electrons. The summed E-state index contributed by atoms with van der Waals surface area (Å²) in [4.78, 5) is 11.9. The molecule has 2 aromatic heterocycles. The number of amides is 1. The normalized spacial score (nSPS) is 10.8. The maximum atomic E-state index is 11.9. The van der Waals surface area contributed by atoms with Crippen LogP contribution in [0.25, 0.3) is 0 Å². The fraction of sp³-hybridized carbons (Fsp3) is 0.462. The van der Waals surface area contributed by atoms with Crippen molar-refractivity contribution >= 4 is 27.5 Å². The second-order valence-electron chi connectivity index (χ2n) is 4.49. The Labute approximate surface area is 131 Å². The molecule has 0 saturated heterocycles. The third-order valence-electron chi connectivity index (χ3n) is 2.94. The van der Waals surface area contributed by atoms with Gasteiger partial charge in [0.25, 0.3) is 0 Å². The van der Waals surface area contributed by atoms with Crippen molar-refractivity contribution in [3.05, 3.63) is 28.8 Å². The monoisotopic (exact) mass is 355 g/mol. The average molecular weight is 356 g/mol. The first-order valence-corrected chi connectivity index (χ1v) is 7.47. The van der Waals surface area contributed by atoms with E-state index in [-0.39, 0.29) is 5.91 Å². The zero-order valence-electron chi connectivity index (χ0n) is 12.0. The number of hydrogen-bond acceptors (Lipinski definition) is 4. The summed E-state index contributed by atoms with van der Waals surface area (Å²) in [6.07, 6.45) is 5.42. The van der Waals surface area contributed by atoms with Crippen LogP contribution in [0.5, 0.6) is 0 Å². The zero-order chi connectivity index (χ0) is 15.2. The van der Waals surface area contributed by atoms with Crippen LogP contribution in [0.4, 0.5) is 5.69 Å². The van der Waals surface area contributed by atoms with Gasteiger partial charge in [-0.05, 0) is 29.8 Å². The lowest BCUT2D eigenvalue weighted by Crippen LogP contribution is -2.15. The van der Waals surface area contributed by atoms with Gasteiger partial charge in [-0.3, -0.25) is 9.48 Å². The molecule has 0 saturated carbocycles. The Morgan fingerprint density at radius 3 is 2.90 bits per heavy atom. The van der Waals surface area contributed by atoms with Gasteiger partial charge in [-0.25, -0.2) is 4.68 Å². The predicted molar refractivity (Wildman–Crippen MR) is 81.8 cm³/mol. The van der Waals surface area contributed by atoms with Gasteiger partial charge >= 0.3 is 0 Å². The molecule has 0 bridgehead atoms. The molecule has 21 heavy (non-hydrogen) atoms. The molecular formula is C13H18BrN5O2. The minimum atomic E-state index is -0.0722. The molecule has 0 spiro atoms. The van der Waals surface area contributed by atoms with E-state index in [1.807, 2.05) is 13.8 Å². The lowest BCUT2D eigenvalue weighted by molar-refractivity contribution is -0.116. The summed E-state index contributed by atoms with van der Waals surface area (Å²) in [5.74, 6) is -0.0722.